The minimum Gasteiger partial charge on any atom is -0.370 e. The van der Waals surface area contributed by atoms with E-state index in [4.69, 9.17) is 11.6 Å². The highest BCUT2D eigenvalue weighted by Crippen LogP contribution is 2.10. The molecule has 0 fully saturated rings. The van der Waals surface area contributed by atoms with Crippen molar-refractivity contribution in [1.82, 2.24) is 4.98 Å². The molecule has 2 nitrogen and oxygen atoms in total. The van der Waals surface area contributed by atoms with Crippen LogP contribution in [0.5, 0.6) is 0 Å². The normalized spacial score (nSPS) is 10.2. The monoisotopic (exact) mass is 250 g/mol. The average Bonchev–Trinajstić information content (AvgIpc) is 2.32. The van der Waals surface area contributed by atoms with Crippen LogP contribution in [0.1, 0.15) is 5.56 Å². The molecule has 1 heterocycles. The van der Waals surface area contributed by atoms with Crippen LogP contribution in [-0.4, -0.2) is 11.5 Å². The molecule has 0 unspecified atom stereocenters. The van der Waals surface area contributed by atoms with E-state index in [9.17, 15) is 4.39 Å². The first-order valence-corrected chi connectivity index (χ1v) is 5.72. The molecule has 4 heteroatoms. The molecule has 0 saturated heterocycles. The second-order valence-corrected chi connectivity index (χ2v) is 4.10. The van der Waals surface area contributed by atoms with E-state index in [1.165, 1.54) is 12.1 Å². The van der Waals surface area contributed by atoms with Crippen molar-refractivity contribution in [3.8, 4) is 0 Å². The summed E-state index contributed by atoms with van der Waals surface area (Å²) in [6.45, 7) is 0.706. The average molecular weight is 251 g/mol. The number of benzene rings is 1. The molecule has 0 amide bonds. The largest absolute Gasteiger partial charge is 0.370 e. The Bertz CT molecular complexity index is 485. The van der Waals surface area contributed by atoms with Gasteiger partial charge in [-0.15, -0.1) is 0 Å². The second kappa shape index (κ2) is 5.64. The van der Waals surface area contributed by atoms with Gasteiger partial charge in [-0.25, -0.2) is 9.37 Å². The molecule has 17 heavy (non-hydrogen) atoms. The van der Waals surface area contributed by atoms with Crippen molar-refractivity contribution >= 4 is 17.4 Å². The number of hydrogen-bond donors (Lipinski definition) is 1. The number of pyridine rings is 1. The Morgan fingerprint density at radius 2 is 2.12 bits per heavy atom. The maximum absolute atomic E-state index is 12.9. The fourth-order valence-electron chi connectivity index (χ4n) is 1.51. The number of hydrogen-bond acceptors (Lipinski definition) is 2. The van der Waals surface area contributed by atoms with Crippen molar-refractivity contribution in [1.29, 1.82) is 0 Å². The zero-order valence-corrected chi connectivity index (χ0v) is 9.91. The third kappa shape index (κ3) is 3.71. The summed E-state index contributed by atoms with van der Waals surface area (Å²) in [7, 11) is 0. The fraction of sp³-hybridized carbons (Fsp3) is 0.154. The van der Waals surface area contributed by atoms with E-state index in [-0.39, 0.29) is 5.82 Å². The Balaban J connectivity index is 1.85. The minimum absolute atomic E-state index is 0.202. The van der Waals surface area contributed by atoms with E-state index in [0.717, 1.165) is 17.8 Å². The van der Waals surface area contributed by atoms with Crippen LogP contribution in [0.2, 0.25) is 5.02 Å². The summed E-state index contributed by atoms with van der Waals surface area (Å²) in [6.07, 6.45) is 2.34. The van der Waals surface area contributed by atoms with Crippen LogP contribution in [0.25, 0.3) is 0 Å². The van der Waals surface area contributed by atoms with Crippen LogP contribution in [0, 0.1) is 5.82 Å². The number of anilines is 1. The summed E-state index contributed by atoms with van der Waals surface area (Å²) in [4.78, 5) is 4.11. The van der Waals surface area contributed by atoms with Gasteiger partial charge in [0.15, 0.2) is 0 Å². The van der Waals surface area contributed by atoms with Gasteiger partial charge in [-0.1, -0.05) is 23.7 Å². The fourth-order valence-corrected chi connectivity index (χ4v) is 1.62. The van der Waals surface area contributed by atoms with E-state index in [1.54, 1.807) is 18.3 Å². The molecule has 1 N–H and O–H groups in total. The minimum atomic E-state index is -0.202. The molecule has 0 aliphatic carbocycles. The molecule has 88 valence electrons. The van der Waals surface area contributed by atoms with Crippen molar-refractivity contribution in [2.45, 2.75) is 6.42 Å². The SMILES string of the molecule is Fc1cccc(CCNc2ccc(Cl)cn2)c1. The van der Waals surface area contributed by atoms with E-state index in [2.05, 4.69) is 10.3 Å². The highest BCUT2D eigenvalue weighted by atomic mass is 35.5. The lowest BCUT2D eigenvalue weighted by Gasteiger charge is -2.05. The summed E-state index contributed by atoms with van der Waals surface area (Å²) in [5.41, 5.74) is 0.964. The summed E-state index contributed by atoms with van der Waals surface area (Å²) >= 11 is 5.73. The van der Waals surface area contributed by atoms with E-state index in [0.29, 0.717) is 11.6 Å². The maximum Gasteiger partial charge on any atom is 0.125 e. The summed E-state index contributed by atoms with van der Waals surface area (Å²) < 4.78 is 12.9. The lowest BCUT2D eigenvalue weighted by molar-refractivity contribution is 0.625. The van der Waals surface area contributed by atoms with Gasteiger partial charge in [0.2, 0.25) is 0 Å². The zero-order chi connectivity index (χ0) is 12.1. The molecule has 0 atom stereocenters. The first-order valence-electron chi connectivity index (χ1n) is 5.34. The van der Waals surface area contributed by atoms with E-state index >= 15 is 0 Å². The van der Waals surface area contributed by atoms with Crippen molar-refractivity contribution in [3.05, 3.63) is 59.0 Å². The number of halogens is 2. The Morgan fingerprint density at radius 3 is 2.82 bits per heavy atom. The molecule has 0 radical (unpaired) electrons. The van der Waals surface area contributed by atoms with Crippen LogP contribution in [0.3, 0.4) is 0 Å². The van der Waals surface area contributed by atoms with Gasteiger partial charge in [0.1, 0.15) is 11.6 Å². The van der Waals surface area contributed by atoms with Crippen LogP contribution >= 0.6 is 11.6 Å². The Hall–Kier alpha value is -1.61. The highest BCUT2D eigenvalue weighted by Gasteiger charge is 1.96. The number of nitrogens with one attached hydrogen (secondary N) is 1. The highest BCUT2D eigenvalue weighted by molar-refractivity contribution is 6.30. The molecule has 0 bridgehead atoms. The predicted octanol–water partition coefficient (Wildman–Crippen LogP) is 3.53. The summed E-state index contributed by atoms with van der Waals surface area (Å²) in [5.74, 6) is 0.568. The summed E-state index contributed by atoms with van der Waals surface area (Å²) in [5, 5.41) is 3.76. The number of nitrogens with zero attached hydrogens (tertiary/aromatic N) is 1. The second-order valence-electron chi connectivity index (χ2n) is 3.67. The van der Waals surface area contributed by atoms with E-state index < -0.39 is 0 Å². The Labute approximate surface area is 104 Å². The van der Waals surface area contributed by atoms with Gasteiger partial charge in [-0.2, -0.15) is 0 Å². The Kier molecular flexibility index (Phi) is 3.94. The molecular weight excluding hydrogens is 239 g/mol. The molecular formula is C13H12ClFN2. The van der Waals surface area contributed by atoms with E-state index in [1.807, 2.05) is 12.1 Å². The molecule has 1 aromatic carbocycles. The maximum atomic E-state index is 12.9. The standard InChI is InChI=1S/C13H12ClFN2/c14-11-4-5-13(17-9-11)16-7-6-10-2-1-3-12(15)8-10/h1-5,8-9H,6-7H2,(H,16,17). The first-order chi connectivity index (χ1) is 8.24. The Morgan fingerprint density at radius 1 is 1.24 bits per heavy atom. The molecule has 0 spiro atoms. The predicted molar refractivity (Wildman–Crippen MR) is 67.8 cm³/mol. The molecule has 0 aliphatic rings. The number of rotatable bonds is 4. The van der Waals surface area contributed by atoms with Gasteiger partial charge in [-0.3, -0.25) is 0 Å². The lowest BCUT2D eigenvalue weighted by Crippen LogP contribution is -2.06. The molecule has 2 aromatic rings. The van der Waals surface area contributed by atoms with Crippen molar-refractivity contribution in [3.63, 3.8) is 0 Å². The van der Waals surface area contributed by atoms with Crippen LogP contribution in [0.15, 0.2) is 42.6 Å². The van der Waals surface area contributed by atoms with Crippen LogP contribution in [-0.2, 0) is 6.42 Å². The molecule has 1 aromatic heterocycles. The lowest BCUT2D eigenvalue weighted by atomic mass is 10.1. The molecule has 0 saturated carbocycles. The van der Waals surface area contributed by atoms with Gasteiger partial charge < -0.3 is 5.32 Å². The van der Waals surface area contributed by atoms with Gasteiger partial charge in [-0.05, 0) is 36.2 Å². The number of aromatic nitrogens is 1. The van der Waals surface area contributed by atoms with Gasteiger partial charge in [0.05, 0.1) is 5.02 Å². The van der Waals surface area contributed by atoms with Crippen molar-refractivity contribution in [2.75, 3.05) is 11.9 Å². The first kappa shape index (κ1) is 11.9. The third-order valence-corrected chi connectivity index (χ3v) is 2.56. The van der Waals surface area contributed by atoms with Crippen LogP contribution in [0.4, 0.5) is 10.2 Å². The molecule has 0 aliphatic heterocycles. The smallest absolute Gasteiger partial charge is 0.125 e. The third-order valence-electron chi connectivity index (χ3n) is 2.34. The van der Waals surface area contributed by atoms with Gasteiger partial charge >= 0.3 is 0 Å². The van der Waals surface area contributed by atoms with Gasteiger partial charge in [0.25, 0.3) is 0 Å². The van der Waals surface area contributed by atoms with Gasteiger partial charge in [0, 0.05) is 12.7 Å². The van der Waals surface area contributed by atoms with Crippen molar-refractivity contribution in [2.24, 2.45) is 0 Å². The zero-order valence-electron chi connectivity index (χ0n) is 9.16. The summed E-state index contributed by atoms with van der Waals surface area (Å²) in [6, 6.07) is 10.2. The topological polar surface area (TPSA) is 24.9 Å². The molecule has 2 rings (SSSR count). The van der Waals surface area contributed by atoms with Crippen LogP contribution < -0.4 is 5.32 Å². The quantitative estimate of drug-likeness (QED) is 0.898. The van der Waals surface area contributed by atoms with Crippen molar-refractivity contribution < 1.29 is 4.39 Å².